The third-order valence-corrected chi connectivity index (χ3v) is 5.27. The number of methoxy groups -OCH3 is 1. The van der Waals surface area contributed by atoms with Crippen LogP contribution in [0.4, 0.5) is 0 Å². The van der Waals surface area contributed by atoms with Crippen LogP contribution in [0.1, 0.15) is 11.1 Å². The van der Waals surface area contributed by atoms with Gasteiger partial charge in [-0.25, -0.2) is 0 Å². The lowest BCUT2D eigenvalue weighted by molar-refractivity contribution is 0.407. The molecule has 3 rings (SSSR count). The Hall–Kier alpha value is -1.45. The molecule has 0 fully saturated rings. The van der Waals surface area contributed by atoms with Gasteiger partial charge in [0, 0.05) is 16.2 Å². The van der Waals surface area contributed by atoms with Crippen molar-refractivity contribution in [3.8, 4) is 5.75 Å². The van der Waals surface area contributed by atoms with E-state index in [1.807, 2.05) is 30.0 Å². The van der Waals surface area contributed by atoms with Crippen LogP contribution in [0.5, 0.6) is 5.75 Å². The zero-order valence-corrected chi connectivity index (χ0v) is 12.4. The first kappa shape index (κ1) is 13.5. The molecule has 2 aromatic carbocycles. The SMILES string of the molecule is COc1ccccc1CC(N)C1Cc2ccccc2S1. The zero-order valence-electron chi connectivity index (χ0n) is 11.6. The third-order valence-electron chi connectivity index (χ3n) is 3.80. The van der Waals surface area contributed by atoms with Crippen LogP contribution in [-0.2, 0) is 12.8 Å². The lowest BCUT2D eigenvalue weighted by atomic mass is 9.99. The predicted molar refractivity (Wildman–Crippen MR) is 84.5 cm³/mol. The first-order valence-electron chi connectivity index (χ1n) is 6.90. The van der Waals surface area contributed by atoms with Crippen molar-refractivity contribution >= 4 is 11.8 Å². The molecular weight excluding hydrogens is 266 g/mol. The van der Waals surface area contributed by atoms with Crippen molar-refractivity contribution in [1.29, 1.82) is 0 Å². The molecule has 2 atom stereocenters. The summed E-state index contributed by atoms with van der Waals surface area (Å²) in [6, 6.07) is 16.9. The number of ether oxygens (including phenoxy) is 1. The Morgan fingerprint density at radius 3 is 2.75 bits per heavy atom. The highest BCUT2D eigenvalue weighted by Crippen LogP contribution is 2.38. The Morgan fingerprint density at radius 1 is 1.20 bits per heavy atom. The van der Waals surface area contributed by atoms with Gasteiger partial charge in [0.2, 0.25) is 0 Å². The summed E-state index contributed by atoms with van der Waals surface area (Å²) in [6.07, 6.45) is 1.92. The van der Waals surface area contributed by atoms with Gasteiger partial charge in [0.05, 0.1) is 7.11 Å². The largest absolute Gasteiger partial charge is 0.496 e. The summed E-state index contributed by atoms with van der Waals surface area (Å²) in [6.45, 7) is 0. The molecule has 0 saturated heterocycles. The van der Waals surface area contributed by atoms with Crippen LogP contribution in [-0.4, -0.2) is 18.4 Å². The minimum Gasteiger partial charge on any atom is -0.496 e. The van der Waals surface area contributed by atoms with E-state index in [4.69, 9.17) is 10.5 Å². The highest BCUT2D eigenvalue weighted by atomic mass is 32.2. The van der Waals surface area contributed by atoms with Gasteiger partial charge in [-0.3, -0.25) is 0 Å². The monoisotopic (exact) mass is 285 g/mol. The van der Waals surface area contributed by atoms with E-state index in [-0.39, 0.29) is 6.04 Å². The van der Waals surface area contributed by atoms with E-state index in [1.54, 1.807) is 7.11 Å². The third kappa shape index (κ3) is 2.69. The molecule has 0 aromatic heterocycles. The Bertz CT molecular complexity index is 574. The van der Waals surface area contributed by atoms with Crippen molar-refractivity contribution in [3.05, 3.63) is 59.7 Å². The maximum atomic E-state index is 6.44. The summed E-state index contributed by atoms with van der Waals surface area (Å²) in [5, 5.41) is 0.456. The van der Waals surface area contributed by atoms with Gasteiger partial charge in [-0.1, -0.05) is 36.4 Å². The molecule has 1 aliphatic heterocycles. The second kappa shape index (κ2) is 5.90. The fourth-order valence-corrected chi connectivity index (χ4v) is 4.02. The summed E-state index contributed by atoms with van der Waals surface area (Å²) >= 11 is 1.91. The van der Waals surface area contributed by atoms with Crippen LogP contribution in [0, 0.1) is 0 Å². The van der Waals surface area contributed by atoms with Gasteiger partial charge in [0.15, 0.2) is 0 Å². The van der Waals surface area contributed by atoms with Crippen molar-refractivity contribution in [3.63, 3.8) is 0 Å². The maximum Gasteiger partial charge on any atom is 0.122 e. The molecule has 0 spiro atoms. The number of nitrogens with two attached hydrogens (primary N) is 1. The topological polar surface area (TPSA) is 35.2 Å². The second-order valence-electron chi connectivity index (χ2n) is 5.15. The van der Waals surface area contributed by atoms with Crippen LogP contribution in [0.25, 0.3) is 0 Å². The fraction of sp³-hybridized carbons (Fsp3) is 0.294. The molecule has 1 aliphatic rings. The standard InChI is InChI=1S/C17H19NOS/c1-19-15-8-4-2-6-12(15)10-14(18)17-11-13-7-3-5-9-16(13)20-17/h2-9,14,17H,10-11,18H2,1H3. The van der Waals surface area contributed by atoms with Crippen LogP contribution in [0.15, 0.2) is 53.4 Å². The van der Waals surface area contributed by atoms with E-state index < -0.39 is 0 Å². The first-order chi connectivity index (χ1) is 9.78. The second-order valence-corrected chi connectivity index (χ2v) is 6.43. The van der Waals surface area contributed by atoms with Crippen LogP contribution in [0.2, 0.25) is 0 Å². The molecule has 0 saturated carbocycles. The lowest BCUT2D eigenvalue weighted by Gasteiger charge is -2.19. The summed E-state index contributed by atoms with van der Waals surface area (Å²) < 4.78 is 5.41. The Kier molecular flexibility index (Phi) is 3.99. The Morgan fingerprint density at radius 2 is 1.95 bits per heavy atom. The molecule has 0 radical (unpaired) electrons. The number of rotatable bonds is 4. The first-order valence-corrected chi connectivity index (χ1v) is 7.78. The number of benzene rings is 2. The van der Waals surface area contributed by atoms with Crippen molar-refractivity contribution < 1.29 is 4.74 Å². The highest BCUT2D eigenvalue weighted by Gasteiger charge is 2.27. The minimum absolute atomic E-state index is 0.142. The normalized spacial score (nSPS) is 18.6. The van der Waals surface area contributed by atoms with Crippen LogP contribution >= 0.6 is 11.8 Å². The zero-order chi connectivity index (χ0) is 13.9. The number of thioether (sulfide) groups is 1. The van der Waals surface area contributed by atoms with Gasteiger partial charge in [-0.2, -0.15) is 0 Å². The van der Waals surface area contributed by atoms with E-state index in [9.17, 15) is 0 Å². The van der Waals surface area contributed by atoms with E-state index >= 15 is 0 Å². The van der Waals surface area contributed by atoms with Gasteiger partial charge in [0.25, 0.3) is 0 Å². The lowest BCUT2D eigenvalue weighted by Crippen LogP contribution is -2.34. The quantitative estimate of drug-likeness (QED) is 0.936. The highest BCUT2D eigenvalue weighted by molar-refractivity contribution is 8.00. The van der Waals surface area contributed by atoms with Crippen molar-refractivity contribution in [2.45, 2.75) is 29.0 Å². The summed E-state index contributed by atoms with van der Waals surface area (Å²) in [5.74, 6) is 0.934. The van der Waals surface area contributed by atoms with Gasteiger partial charge in [-0.15, -0.1) is 11.8 Å². The predicted octanol–water partition coefficient (Wildman–Crippen LogP) is 3.28. The average Bonchev–Trinajstić information content (AvgIpc) is 2.92. The molecule has 2 aromatic rings. The van der Waals surface area contributed by atoms with E-state index in [1.165, 1.54) is 16.0 Å². The smallest absolute Gasteiger partial charge is 0.122 e. The molecule has 3 heteroatoms. The molecule has 2 N–H and O–H groups in total. The number of hydrogen-bond acceptors (Lipinski definition) is 3. The van der Waals surface area contributed by atoms with Gasteiger partial charge in [0.1, 0.15) is 5.75 Å². The summed E-state index contributed by atoms with van der Waals surface area (Å²) in [4.78, 5) is 1.38. The summed E-state index contributed by atoms with van der Waals surface area (Å²) in [7, 11) is 1.71. The molecule has 1 heterocycles. The van der Waals surface area contributed by atoms with Gasteiger partial charge < -0.3 is 10.5 Å². The number of hydrogen-bond donors (Lipinski definition) is 1. The molecule has 2 nitrogen and oxygen atoms in total. The molecule has 2 unspecified atom stereocenters. The van der Waals surface area contributed by atoms with E-state index in [0.29, 0.717) is 5.25 Å². The number of para-hydroxylation sites is 1. The van der Waals surface area contributed by atoms with Crippen molar-refractivity contribution in [2.24, 2.45) is 5.73 Å². The Balaban J connectivity index is 1.71. The van der Waals surface area contributed by atoms with Gasteiger partial charge >= 0.3 is 0 Å². The van der Waals surface area contributed by atoms with Crippen molar-refractivity contribution in [1.82, 2.24) is 0 Å². The molecule has 0 aliphatic carbocycles. The molecule has 0 amide bonds. The molecule has 20 heavy (non-hydrogen) atoms. The minimum atomic E-state index is 0.142. The molecule has 0 bridgehead atoms. The summed E-state index contributed by atoms with van der Waals surface area (Å²) in [5.41, 5.74) is 9.06. The maximum absolute atomic E-state index is 6.44. The molecule has 104 valence electrons. The Labute approximate surface area is 124 Å². The number of fused-ring (bicyclic) bond motifs is 1. The fourth-order valence-electron chi connectivity index (χ4n) is 2.70. The average molecular weight is 285 g/mol. The molecular formula is C17H19NOS. The van der Waals surface area contributed by atoms with E-state index in [2.05, 4.69) is 30.3 Å². The van der Waals surface area contributed by atoms with E-state index in [0.717, 1.165) is 18.6 Å². The van der Waals surface area contributed by atoms with Crippen LogP contribution < -0.4 is 10.5 Å². The van der Waals surface area contributed by atoms with Crippen LogP contribution in [0.3, 0.4) is 0 Å². The van der Waals surface area contributed by atoms with Crippen molar-refractivity contribution in [2.75, 3.05) is 7.11 Å². The van der Waals surface area contributed by atoms with Gasteiger partial charge in [-0.05, 0) is 36.1 Å².